The smallest absolute Gasteiger partial charge is 0.225 e. The largest absolute Gasteiger partial charge is 0.508 e. The van der Waals surface area contributed by atoms with Crippen molar-refractivity contribution >= 4 is 22.2 Å². The Balaban J connectivity index is 1.67. The molecule has 1 aliphatic carbocycles. The first-order chi connectivity index (χ1) is 14.3. The second-order valence-electron chi connectivity index (χ2n) is 7.23. The first-order valence-electron chi connectivity index (χ1n) is 9.70. The molecule has 2 aromatic heterocycles. The van der Waals surface area contributed by atoms with Gasteiger partial charge < -0.3 is 10.4 Å². The van der Waals surface area contributed by atoms with E-state index < -0.39 is 0 Å². The summed E-state index contributed by atoms with van der Waals surface area (Å²) in [6.45, 7) is 3.57. The lowest BCUT2D eigenvalue weighted by Crippen LogP contribution is -2.27. The van der Waals surface area contributed by atoms with Crippen molar-refractivity contribution in [1.29, 1.82) is 0 Å². The van der Waals surface area contributed by atoms with Crippen molar-refractivity contribution in [2.45, 2.75) is 31.7 Å². The molecule has 0 fully saturated rings. The summed E-state index contributed by atoms with van der Waals surface area (Å²) < 4.78 is 0. The van der Waals surface area contributed by atoms with Gasteiger partial charge in [-0.1, -0.05) is 18.7 Å². The number of benzene rings is 1. The molecule has 1 aromatic carbocycles. The lowest BCUT2D eigenvalue weighted by atomic mass is 9.79. The molecule has 29 heavy (non-hydrogen) atoms. The number of anilines is 1. The molecule has 3 aromatic rings. The van der Waals surface area contributed by atoms with Crippen molar-refractivity contribution in [1.82, 2.24) is 30.8 Å². The van der Waals surface area contributed by atoms with Gasteiger partial charge in [-0.25, -0.2) is 0 Å². The lowest BCUT2D eigenvalue weighted by molar-refractivity contribution is 0.433. The molecule has 0 spiro atoms. The first kappa shape index (κ1) is 17.4. The van der Waals surface area contributed by atoms with Gasteiger partial charge in [-0.3, -0.25) is 5.10 Å². The van der Waals surface area contributed by atoms with Crippen LogP contribution in [0.2, 0.25) is 0 Å². The van der Waals surface area contributed by atoms with Crippen LogP contribution in [0, 0.1) is 0 Å². The van der Waals surface area contributed by atoms with E-state index in [1.54, 1.807) is 6.08 Å². The molecule has 8 nitrogen and oxygen atoms in total. The van der Waals surface area contributed by atoms with E-state index in [2.05, 4.69) is 54.9 Å². The molecule has 0 radical (unpaired) electrons. The van der Waals surface area contributed by atoms with E-state index in [0.717, 1.165) is 35.9 Å². The van der Waals surface area contributed by atoms with Crippen LogP contribution in [0.15, 0.2) is 54.3 Å². The summed E-state index contributed by atoms with van der Waals surface area (Å²) in [6, 6.07) is 4.20. The Bertz CT molecular complexity index is 1170. The quantitative estimate of drug-likeness (QED) is 0.396. The standard InChI is InChI=1S/C21H21N7O/c1-2-12(29)6-5-9-15-13-7-3-4-8-14(13)18-16(22-15)10-11-17-19(18)20(24-23-17)21-25-27-28-26-21/h2,5-6,9-11,15,22,29H,1,3-4,7-8H2,(H,23,24)(H,25,26,27,28)/b9-5+,12-6+. The van der Waals surface area contributed by atoms with E-state index in [1.807, 2.05) is 12.1 Å². The molecule has 0 saturated carbocycles. The summed E-state index contributed by atoms with van der Waals surface area (Å²) in [5.74, 6) is 0.634. The van der Waals surface area contributed by atoms with E-state index >= 15 is 0 Å². The maximum atomic E-state index is 9.62. The Morgan fingerprint density at radius 2 is 2.10 bits per heavy atom. The SMILES string of the molecule is C=C/C(O)=C\C=C\C1Nc2ccc3[nH]nc(-c4nn[nH]n4)c3c2C2=C1CCCC2. The minimum Gasteiger partial charge on any atom is -0.508 e. The average Bonchev–Trinajstić information content (AvgIpc) is 3.43. The zero-order chi connectivity index (χ0) is 19.8. The van der Waals surface area contributed by atoms with Gasteiger partial charge in [0.05, 0.1) is 11.6 Å². The second-order valence-corrected chi connectivity index (χ2v) is 7.23. The average molecular weight is 387 g/mol. The van der Waals surface area contributed by atoms with Crippen molar-refractivity contribution in [2.24, 2.45) is 0 Å². The van der Waals surface area contributed by atoms with Gasteiger partial charge in [-0.15, -0.1) is 10.2 Å². The van der Waals surface area contributed by atoms with Crippen molar-refractivity contribution in [2.75, 3.05) is 5.32 Å². The van der Waals surface area contributed by atoms with Gasteiger partial charge in [0.2, 0.25) is 5.82 Å². The third-order valence-electron chi connectivity index (χ3n) is 5.57. The Kier molecular flexibility index (Phi) is 4.23. The van der Waals surface area contributed by atoms with Crippen LogP contribution in [-0.4, -0.2) is 42.0 Å². The minimum absolute atomic E-state index is 0.0876. The predicted octanol–water partition coefficient (Wildman–Crippen LogP) is 4.05. The summed E-state index contributed by atoms with van der Waals surface area (Å²) in [7, 11) is 0. The highest BCUT2D eigenvalue weighted by Crippen LogP contribution is 2.46. The molecule has 1 aliphatic heterocycles. The number of rotatable bonds is 4. The van der Waals surface area contributed by atoms with Crippen LogP contribution in [0.1, 0.15) is 31.2 Å². The van der Waals surface area contributed by atoms with Gasteiger partial charge in [0.1, 0.15) is 11.5 Å². The Morgan fingerprint density at radius 1 is 1.21 bits per heavy atom. The summed E-state index contributed by atoms with van der Waals surface area (Å²) in [4.78, 5) is 0. The normalized spacial score (nSPS) is 19.3. The van der Waals surface area contributed by atoms with Crippen LogP contribution in [0.25, 0.3) is 28.0 Å². The van der Waals surface area contributed by atoms with Crippen LogP contribution in [0.4, 0.5) is 5.69 Å². The molecule has 0 saturated heterocycles. The van der Waals surface area contributed by atoms with Gasteiger partial charge >= 0.3 is 0 Å². The highest BCUT2D eigenvalue weighted by atomic mass is 16.3. The molecule has 0 bridgehead atoms. The highest BCUT2D eigenvalue weighted by Gasteiger charge is 2.30. The van der Waals surface area contributed by atoms with Gasteiger partial charge in [0.15, 0.2) is 0 Å². The Morgan fingerprint density at radius 3 is 2.93 bits per heavy atom. The maximum absolute atomic E-state index is 9.62. The predicted molar refractivity (Wildman–Crippen MR) is 112 cm³/mol. The van der Waals surface area contributed by atoms with Crippen LogP contribution in [0.3, 0.4) is 0 Å². The molecular weight excluding hydrogens is 366 g/mol. The van der Waals surface area contributed by atoms with Gasteiger partial charge in [0, 0.05) is 16.6 Å². The number of H-pyrrole nitrogens is 2. The zero-order valence-electron chi connectivity index (χ0n) is 15.8. The van der Waals surface area contributed by atoms with Crippen LogP contribution >= 0.6 is 0 Å². The van der Waals surface area contributed by atoms with E-state index in [0.29, 0.717) is 11.5 Å². The number of nitrogens with one attached hydrogen (secondary N) is 3. The van der Waals surface area contributed by atoms with Crippen molar-refractivity contribution in [3.05, 3.63) is 59.9 Å². The number of aromatic nitrogens is 6. The molecule has 1 unspecified atom stereocenters. The molecule has 2 aliphatic rings. The molecule has 8 heteroatoms. The Hall–Kier alpha value is -3.68. The summed E-state index contributed by atoms with van der Waals surface area (Å²) in [6.07, 6.45) is 11.4. The van der Waals surface area contributed by atoms with E-state index in [1.165, 1.54) is 29.2 Å². The van der Waals surface area contributed by atoms with Crippen molar-refractivity contribution in [3.63, 3.8) is 0 Å². The van der Waals surface area contributed by atoms with E-state index in [9.17, 15) is 5.11 Å². The molecule has 1 atom stereocenters. The molecule has 5 rings (SSSR count). The number of nitrogens with zero attached hydrogens (tertiary/aromatic N) is 4. The number of fused-ring (bicyclic) bond motifs is 4. The fourth-order valence-electron chi connectivity index (χ4n) is 4.28. The zero-order valence-corrected chi connectivity index (χ0v) is 15.8. The van der Waals surface area contributed by atoms with Gasteiger partial charge in [0.25, 0.3) is 0 Å². The number of aliphatic hydroxyl groups excluding tert-OH is 1. The lowest BCUT2D eigenvalue weighted by Gasteiger charge is -2.34. The number of hydrogen-bond acceptors (Lipinski definition) is 6. The second kappa shape index (κ2) is 7.05. The molecular formula is C21H21N7O. The molecule has 3 heterocycles. The topological polar surface area (TPSA) is 115 Å². The molecule has 0 amide bonds. The number of hydrogen-bond donors (Lipinski definition) is 4. The fraction of sp³-hybridized carbons (Fsp3) is 0.238. The Labute approximate surface area is 167 Å². The summed E-state index contributed by atoms with van der Waals surface area (Å²) >= 11 is 0. The number of aromatic amines is 2. The summed E-state index contributed by atoms with van der Waals surface area (Å²) in [5, 5.41) is 36.3. The summed E-state index contributed by atoms with van der Waals surface area (Å²) in [5.41, 5.74) is 6.66. The third kappa shape index (κ3) is 2.93. The van der Waals surface area contributed by atoms with Crippen LogP contribution < -0.4 is 5.32 Å². The number of aliphatic hydroxyl groups is 1. The van der Waals surface area contributed by atoms with Gasteiger partial charge in [-0.2, -0.15) is 10.3 Å². The molecule has 4 N–H and O–H groups in total. The molecule has 146 valence electrons. The monoisotopic (exact) mass is 387 g/mol. The third-order valence-corrected chi connectivity index (χ3v) is 5.57. The highest BCUT2D eigenvalue weighted by molar-refractivity contribution is 6.06. The fourth-order valence-corrected chi connectivity index (χ4v) is 4.28. The first-order valence-corrected chi connectivity index (χ1v) is 9.70. The maximum Gasteiger partial charge on any atom is 0.225 e. The van der Waals surface area contributed by atoms with Crippen molar-refractivity contribution in [3.8, 4) is 11.5 Å². The van der Waals surface area contributed by atoms with E-state index in [-0.39, 0.29) is 11.8 Å². The number of allylic oxidation sites excluding steroid dienone is 4. The van der Waals surface area contributed by atoms with Crippen LogP contribution in [-0.2, 0) is 0 Å². The minimum atomic E-state index is 0.0876. The van der Waals surface area contributed by atoms with E-state index in [4.69, 9.17) is 0 Å². The van der Waals surface area contributed by atoms with Crippen molar-refractivity contribution < 1.29 is 5.11 Å². The van der Waals surface area contributed by atoms with Gasteiger partial charge in [-0.05, 0) is 66.3 Å². The van der Waals surface area contributed by atoms with Crippen LogP contribution in [0.5, 0.6) is 0 Å². The number of tetrazole rings is 1.